The van der Waals surface area contributed by atoms with Gasteiger partial charge in [-0.1, -0.05) is 30.5 Å². The fourth-order valence-electron chi connectivity index (χ4n) is 4.71. The van der Waals surface area contributed by atoms with E-state index >= 15 is 0 Å². The number of carbonyl (C=O) groups is 2. The third kappa shape index (κ3) is 3.44. The van der Waals surface area contributed by atoms with Crippen LogP contribution in [0.15, 0.2) is 24.3 Å². The summed E-state index contributed by atoms with van der Waals surface area (Å²) in [6.07, 6.45) is 6.38. The molecule has 136 valence electrons. The number of esters is 2. The zero-order chi connectivity index (χ0) is 17.9. The Kier molecular flexibility index (Phi) is 5.45. The second kappa shape index (κ2) is 7.59. The molecule has 0 heterocycles. The summed E-state index contributed by atoms with van der Waals surface area (Å²) < 4.78 is 11.4. The lowest BCUT2D eigenvalue weighted by Gasteiger charge is -2.37. The smallest absolute Gasteiger partial charge is 0.338 e. The van der Waals surface area contributed by atoms with Crippen molar-refractivity contribution in [1.82, 2.24) is 0 Å². The molecule has 0 saturated heterocycles. The summed E-state index contributed by atoms with van der Waals surface area (Å²) in [5.74, 6) is -0.229. The third-order valence-corrected chi connectivity index (χ3v) is 5.87. The monoisotopic (exact) mass is 344 g/mol. The first-order valence-corrected chi connectivity index (χ1v) is 9.52. The lowest BCUT2D eigenvalue weighted by atomic mass is 9.71. The summed E-state index contributed by atoms with van der Waals surface area (Å²) in [5, 5.41) is 0. The first-order chi connectivity index (χ1) is 12.1. The Morgan fingerprint density at radius 1 is 1.16 bits per heavy atom. The van der Waals surface area contributed by atoms with Crippen LogP contribution in [0.25, 0.3) is 0 Å². The molecule has 0 aliphatic heterocycles. The molecule has 4 nitrogen and oxygen atoms in total. The van der Waals surface area contributed by atoms with Crippen molar-refractivity contribution < 1.29 is 19.1 Å². The van der Waals surface area contributed by atoms with Crippen LogP contribution in [0.4, 0.5) is 0 Å². The number of rotatable bonds is 5. The average molecular weight is 344 g/mol. The lowest BCUT2D eigenvalue weighted by Crippen LogP contribution is -2.47. The number of ether oxygens (including phenoxy) is 2. The van der Waals surface area contributed by atoms with Crippen LogP contribution in [-0.4, -0.2) is 24.6 Å². The van der Waals surface area contributed by atoms with Crippen LogP contribution in [-0.2, 0) is 14.3 Å². The van der Waals surface area contributed by atoms with Gasteiger partial charge in [0.05, 0.1) is 12.2 Å². The molecule has 1 aromatic rings. The highest BCUT2D eigenvalue weighted by Gasteiger charge is 2.57. The predicted molar refractivity (Wildman–Crippen MR) is 95.3 cm³/mol. The maximum absolute atomic E-state index is 12.9. The summed E-state index contributed by atoms with van der Waals surface area (Å²) in [7, 11) is 0. The summed E-state index contributed by atoms with van der Waals surface area (Å²) in [6.45, 7) is 4.16. The van der Waals surface area contributed by atoms with Gasteiger partial charge in [-0.2, -0.15) is 0 Å². The molecule has 0 N–H and O–H groups in total. The summed E-state index contributed by atoms with van der Waals surface area (Å²) in [6, 6.07) is 7.41. The highest BCUT2D eigenvalue weighted by Crippen LogP contribution is 2.52. The normalized spacial score (nSPS) is 26.6. The Labute approximate surface area is 149 Å². The van der Waals surface area contributed by atoms with E-state index in [1.54, 1.807) is 6.07 Å². The van der Waals surface area contributed by atoms with Crippen molar-refractivity contribution in [3.05, 3.63) is 35.4 Å². The highest BCUT2D eigenvalue weighted by atomic mass is 16.6. The van der Waals surface area contributed by atoms with Gasteiger partial charge < -0.3 is 9.47 Å². The van der Waals surface area contributed by atoms with Gasteiger partial charge >= 0.3 is 11.9 Å². The Morgan fingerprint density at radius 2 is 1.92 bits per heavy atom. The molecule has 2 fully saturated rings. The zero-order valence-electron chi connectivity index (χ0n) is 15.3. The van der Waals surface area contributed by atoms with Gasteiger partial charge in [0.1, 0.15) is 11.5 Å². The van der Waals surface area contributed by atoms with E-state index < -0.39 is 5.41 Å². The van der Waals surface area contributed by atoms with Gasteiger partial charge in [-0.15, -0.1) is 0 Å². The molecule has 25 heavy (non-hydrogen) atoms. The van der Waals surface area contributed by atoms with Crippen LogP contribution in [0.3, 0.4) is 0 Å². The Balaban J connectivity index is 1.84. The molecule has 3 rings (SSSR count). The fourth-order valence-corrected chi connectivity index (χ4v) is 4.71. The summed E-state index contributed by atoms with van der Waals surface area (Å²) >= 11 is 0. The van der Waals surface area contributed by atoms with E-state index in [4.69, 9.17) is 9.47 Å². The summed E-state index contributed by atoms with van der Waals surface area (Å²) in [5.41, 5.74) is 0.927. The van der Waals surface area contributed by atoms with Crippen LogP contribution in [0.2, 0.25) is 0 Å². The van der Waals surface area contributed by atoms with E-state index in [9.17, 15) is 9.59 Å². The number of carbonyl (C=O) groups excluding carboxylic acids is 2. The number of hydrogen-bond donors (Lipinski definition) is 0. The Hall–Kier alpha value is -1.84. The van der Waals surface area contributed by atoms with Crippen molar-refractivity contribution >= 4 is 11.9 Å². The average Bonchev–Trinajstić information content (AvgIpc) is 3.25. The fraction of sp³-hybridized carbons (Fsp3) is 0.619. The molecule has 0 bridgehead atoms. The third-order valence-electron chi connectivity index (χ3n) is 5.87. The van der Waals surface area contributed by atoms with Gasteiger partial charge in [0.25, 0.3) is 0 Å². The largest absolute Gasteiger partial charge is 0.465 e. The molecule has 2 aliphatic rings. The van der Waals surface area contributed by atoms with Crippen LogP contribution in [0.1, 0.15) is 67.8 Å². The van der Waals surface area contributed by atoms with Gasteiger partial charge in [0, 0.05) is 0 Å². The van der Waals surface area contributed by atoms with Crippen molar-refractivity contribution in [1.29, 1.82) is 0 Å². The molecule has 1 aromatic carbocycles. The molecule has 4 heteroatoms. The van der Waals surface area contributed by atoms with Gasteiger partial charge in [-0.25, -0.2) is 4.79 Å². The number of benzene rings is 1. The molecular formula is C21H28O4. The standard InChI is InChI=1S/C21H28O4/c1-3-24-20(23)21(17-10-4-5-11-17)13-7-12-18(21)25-19(22)16-9-6-8-15(2)14-16/h6,8-9,14,17-18H,3-5,7,10-13H2,1-2H3. The van der Waals surface area contributed by atoms with Crippen molar-refractivity contribution in [2.45, 2.75) is 64.9 Å². The lowest BCUT2D eigenvalue weighted by molar-refractivity contribution is -0.166. The molecule has 2 saturated carbocycles. The second-order valence-corrected chi connectivity index (χ2v) is 7.40. The maximum atomic E-state index is 12.9. The van der Waals surface area contributed by atoms with Crippen LogP contribution in [0, 0.1) is 18.3 Å². The first-order valence-electron chi connectivity index (χ1n) is 9.52. The SMILES string of the molecule is CCOC(=O)C1(C2CCCC2)CCCC1OC(=O)c1cccc(C)c1. The van der Waals surface area contributed by atoms with Crippen LogP contribution in [0.5, 0.6) is 0 Å². The van der Waals surface area contributed by atoms with Gasteiger partial charge in [-0.3, -0.25) is 4.79 Å². The Morgan fingerprint density at radius 3 is 2.60 bits per heavy atom. The molecule has 2 atom stereocenters. The maximum Gasteiger partial charge on any atom is 0.338 e. The van der Waals surface area contributed by atoms with E-state index in [-0.39, 0.29) is 24.0 Å². The minimum absolute atomic E-state index is 0.165. The molecule has 0 amide bonds. The number of aryl methyl sites for hydroxylation is 1. The topological polar surface area (TPSA) is 52.6 Å². The van der Waals surface area contributed by atoms with Crippen LogP contribution < -0.4 is 0 Å². The van der Waals surface area contributed by atoms with Crippen molar-refractivity contribution in [3.63, 3.8) is 0 Å². The van der Waals surface area contributed by atoms with Crippen molar-refractivity contribution in [3.8, 4) is 0 Å². The molecular weight excluding hydrogens is 316 g/mol. The summed E-state index contributed by atoms with van der Waals surface area (Å²) in [4.78, 5) is 25.6. The zero-order valence-corrected chi connectivity index (χ0v) is 15.3. The van der Waals surface area contributed by atoms with Gasteiger partial charge in [-0.05, 0) is 64.0 Å². The van der Waals surface area contributed by atoms with Crippen molar-refractivity contribution in [2.75, 3.05) is 6.61 Å². The minimum atomic E-state index is -0.647. The predicted octanol–water partition coefficient (Wildman–Crippen LogP) is 4.44. The highest BCUT2D eigenvalue weighted by molar-refractivity contribution is 5.90. The second-order valence-electron chi connectivity index (χ2n) is 7.40. The van der Waals surface area contributed by atoms with E-state index in [1.165, 1.54) is 0 Å². The minimum Gasteiger partial charge on any atom is -0.465 e. The first kappa shape index (κ1) is 18.0. The van der Waals surface area contributed by atoms with Crippen molar-refractivity contribution in [2.24, 2.45) is 11.3 Å². The van der Waals surface area contributed by atoms with Gasteiger partial charge in [0.15, 0.2) is 0 Å². The van der Waals surface area contributed by atoms with E-state index in [1.807, 2.05) is 32.0 Å². The van der Waals surface area contributed by atoms with E-state index in [0.717, 1.165) is 50.5 Å². The number of hydrogen-bond acceptors (Lipinski definition) is 4. The molecule has 2 unspecified atom stereocenters. The quantitative estimate of drug-likeness (QED) is 0.741. The van der Waals surface area contributed by atoms with Crippen LogP contribution >= 0.6 is 0 Å². The molecule has 2 aliphatic carbocycles. The van der Waals surface area contributed by atoms with E-state index in [0.29, 0.717) is 12.2 Å². The van der Waals surface area contributed by atoms with E-state index in [2.05, 4.69) is 0 Å². The Bertz CT molecular complexity index is 633. The molecule has 0 spiro atoms. The molecule has 0 aromatic heterocycles. The molecule has 0 radical (unpaired) electrons. The van der Waals surface area contributed by atoms with Gasteiger partial charge in [0.2, 0.25) is 0 Å².